The highest BCUT2D eigenvalue weighted by atomic mass is 28.3. The van der Waals surface area contributed by atoms with E-state index in [1.807, 2.05) is 12.1 Å². The lowest BCUT2D eigenvalue weighted by Gasteiger charge is -2.31. The summed E-state index contributed by atoms with van der Waals surface area (Å²) in [5.74, 6) is 4.31. The first-order valence-electron chi connectivity index (χ1n) is 7.34. The second kappa shape index (κ2) is 5.58. The molecule has 0 fully saturated rings. The van der Waals surface area contributed by atoms with Gasteiger partial charge in [0, 0.05) is 5.56 Å². The highest BCUT2D eigenvalue weighted by Crippen LogP contribution is 2.35. The molecule has 0 amide bonds. The van der Waals surface area contributed by atoms with Gasteiger partial charge in [0.05, 0.1) is 7.11 Å². The number of methoxy groups -OCH3 is 1. The zero-order chi connectivity index (χ0) is 15.7. The first-order valence-corrected chi connectivity index (χ1v) is 10.3. The van der Waals surface area contributed by atoms with Gasteiger partial charge in [-0.1, -0.05) is 64.1 Å². The number of rotatable bonds is 1. The Labute approximate surface area is 129 Å². The Morgan fingerprint density at radius 1 is 1.05 bits per heavy atom. The second-order valence-electron chi connectivity index (χ2n) is 7.02. The number of fused-ring (bicyclic) bond motifs is 1. The van der Waals surface area contributed by atoms with E-state index < -0.39 is 8.07 Å². The minimum atomic E-state index is -1.60. The van der Waals surface area contributed by atoms with Gasteiger partial charge in [-0.15, -0.1) is 5.54 Å². The van der Waals surface area contributed by atoms with Gasteiger partial charge in [0.15, 0.2) is 0 Å². The van der Waals surface area contributed by atoms with E-state index in [0.29, 0.717) is 0 Å². The van der Waals surface area contributed by atoms with Gasteiger partial charge in [0.25, 0.3) is 0 Å². The van der Waals surface area contributed by atoms with Crippen LogP contribution in [0, 0.1) is 11.5 Å². The molecule has 0 atom stereocenters. The molecule has 21 heavy (non-hydrogen) atoms. The molecule has 0 heterocycles. The highest BCUT2D eigenvalue weighted by Gasteiger charge is 2.33. The molecule has 1 nitrogen and oxygen atoms in total. The van der Waals surface area contributed by atoms with Crippen LogP contribution < -0.4 is 4.74 Å². The molecule has 2 aromatic rings. The maximum absolute atomic E-state index is 5.41. The normalized spacial score (nSPS) is 11.9. The van der Waals surface area contributed by atoms with Crippen molar-refractivity contribution in [2.24, 2.45) is 0 Å². The fourth-order valence-corrected chi connectivity index (χ4v) is 2.74. The minimum absolute atomic E-state index is 0.272. The molecule has 0 aliphatic carbocycles. The highest BCUT2D eigenvalue weighted by molar-refractivity contribution is 6.87. The Balaban J connectivity index is 2.58. The summed E-state index contributed by atoms with van der Waals surface area (Å²) in [6.07, 6.45) is 0. The van der Waals surface area contributed by atoms with E-state index in [2.05, 4.69) is 69.6 Å². The van der Waals surface area contributed by atoms with Gasteiger partial charge >= 0.3 is 0 Å². The number of ether oxygens (including phenoxy) is 1. The van der Waals surface area contributed by atoms with Crippen LogP contribution in [0.2, 0.25) is 18.1 Å². The summed E-state index contributed by atoms with van der Waals surface area (Å²) in [4.78, 5) is 0. The van der Waals surface area contributed by atoms with Crippen LogP contribution in [0.25, 0.3) is 10.8 Å². The average Bonchev–Trinajstić information content (AvgIpc) is 2.43. The van der Waals surface area contributed by atoms with E-state index in [1.54, 1.807) is 7.11 Å². The predicted molar refractivity (Wildman–Crippen MR) is 94.6 cm³/mol. The summed E-state index contributed by atoms with van der Waals surface area (Å²) in [5, 5.41) is 2.65. The van der Waals surface area contributed by atoms with Crippen molar-refractivity contribution in [3.63, 3.8) is 0 Å². The maximum atomic E-state index is 5.41. The van der Waals surface area contributed by atoms with Crippen molar-refractivity contribution in [2.45, 2.75) is 38.9 Å². The summed E-state index contributed by atoms with van der Waals surface area (Å²) in [5.41, 5.74) is 4.66. The first-order chi connectivity index (χ1) is 9.74. The van der Waals surface area contributed by atoms with E-state index in [1.165, 1.54) is 10.8 Å². The molecular weight excluding hydrogens is 272 g/mol. The van der Waals surface area contributed by atoms with Gasteiger partial charge in [0.1, 0.15) is 13.8 Å². The SMILES string of the molecule is COc1cc(C#C[Si](C)(C)C(C)(C)C)c2ccccc2c1. The van der Waals surface area contributed by atoms with Crippen LogP contribution >= 0.6 is 0 Å². The largest absolute Gasteiger partial charge is 0.497 e. The summed E-state index contributed by atoms with van der Waals surface area (Å²) in [6, 6.07) is 12.5. The van der Waals surface area contributed by atoms with E-state index in [0.717, 1.165) is 11.3 Å². The zero-order valence-corrected chi connectivity index (χ0v) is 14.9. The fraction of sp³-hybridized carbons (Fsp3) is 0.368. The molecule has 0 spiro atoms. The third kappa shape index (κ3) is 3.31. The van der Waals surface area contributed by atoms with Crippen molar-refractivity contribution in [3.05, 3.63) is 42.0 Å². The summed E-state index contributed by atoms with van der Waals surface area (Å²) in [6.45, 7) is 11.5. The summed E-state index contributed by atoms with van der Waals surface area (Å²) in [7, 11) is 0.0990. The molecular formula is C19H24OSi. The molecule has 0 unspecified atom stereocenters. The van der Waals surface area contributed by atoms with E-state index >= 15 is 0 Å². The molecule has 0 saturated heterocycles. The van der Waals surface area contributed by atoms with Crippen LogP contribution in [-0.4, -0.2) is 15.2 Å². The van der Waals surface area contributed by atoms with E-state index in [4.69, 9.17) is 4.74 Å². The topological polar surface area (TPSA) is 9.23 Å². The molecule has 110 valence electrons. The Morgan fingerprint density at radius 2 is 1.71 bits per heavy atom. The smallest absolute Gasteiger partial charge is 0.138 e. The molecule has 2 heteroatoms. The Hall–Kier alpha value is -1.72. The zero-order valence-electron chi connectivity index (χ0n) is 13.9. The third-order valence-corrected chi connectivity index (χ3v) is 8.96. The van der Waals surface area contributed by atoms with Crippen molar-refractivity contribution in [2.75, 3.05) is 7.11 Å². The second-order valence-corrected chi connectivity index (χ2v) is 12.0. The van der Waals surface area contributed by atoms with Gasteiger partial charge < -0.3 is 4.74 Å². The van der Waals surface area contributed by atoms with Crippen LogP contribution in [0.1, 0.15) is 26.3 Å². The lowest BCUT2D eigenvalue weighted by molar-refractivity contribution is 0.415. The van der Waals surface area contributed by atoms with Gasteiger partial charge in [0.2, 0.25) is 0 Å². The monoisotopic (exact) mass is 296 g/mol. The Morgan fingerprint density at radius 3 is 2.33 bits per heavy atom. The van der Waals surface area contributed by atoms with E-state index in [9.17, 15) is 0 Å². The quantitative estimate of drug-likeness (QED) is 0.516. The molecule has 0 aromatic heterocycles. The lowest BCUT2D eigenvalue weighted by atomic mass is 10.0. The first kappa shape index (κ1) is 15.7. The fourth-order valence-electron chi connectivity index (χ4n) is 1.92. The van der Waals surface area contributed by atoms with Gasteiger partial charge in [-0.05, 0) is 27.9 Å². The molecule has 0 saturated carbocycles. The maximum Gasteiger partial charge on any atom is 0.138 e. The van der Waals surface area contributed by atoms with Gasteiger partial charge in [-0.3, -0.25) is 0 Å². The molecule has 0 aliphatic rings. The number of hydrogen-bond donors (Lipinski definition) is 0. The van der Waals surface area contributed by atoms with Crippen molar-refractivity contribution in [3.8, 4) is 17.2 Å². The van der Waals surface area contributed by atoms with E-state index in [-0.39, 0.29) is 5.04 Å². The van der Waals surface area contributed by atoms with Crippen molar-refractivity contribution in [1.29, 1.82) is 0 Å². The summed E-state index contributed by atoms with van der Waals surface area (Å²) < 4.78 is 5.41. The number of hydrogen-bond acceptors (Lipinski definition) is 1. The lowest BCUT2D eigenvalue weighted by Crippen LogP contribution is -2.35. The molecule has 0 aliphatic heterocycles. The number of benzene rings is 2. The predicted octanol–water partition coefficient (Wildman–Crippen LogP) is 5.25. The summed E-state index contributed by atoms with van der Waals surface area (Å²) >= 11 is 0. The molecule has 0 radical (unpaired) electrons. The standard InChI is InChI=1S/C19H24OSi/c1-19(2,3)21(5,6)12-11-16-14-17(20-4)13-15-9-7-8-10-18(15)16/h7-10,13-14H,1-6H3. The Bertz CT molecular complexity index is 712. The molecule has 2 aromatic carbocycles. The molecule has 0 bridgehead atoms. The molecule has 2 rings (SSSR count). The van der Waals surface area contributed by atoms with Gasteiger partial charge in [-0.25, -0.2) is 0 Å². The molecule has 0 N–H and O–H groups in total. The minimum Gasteiger partial charge on any atom is -0.497 e. The van der Waals surface area contributed by atoms with Crippen LogP contribution in [0.4, 0.5) is 0 Å². The average molecular weight is 296 g/mol. The van der Waals surface area contributed by atoms with Crippen LogP contribution in [0.5, 0.6) is 5.75 Å². The third-order valence-electron chi connectivity index (χ3n) is 4.46. The van der Waals surface area contributed by atoms with Crippen LogP contribution in [0.15, 0.2) is 36.4 Å². The van der Waals surface area contributed by atoms with Crippen LogP contribution in [-0.2, 0) is 0 Å². The Kier molecular flexibility index (Phi) is 4.16. The van der Waals surface area contributed by atoms with Gasteiger partial charge in [-0.2, -0.15) is 0 Å². The van der Waals surface area contributed by atoms with Crippen molar-refractivity contribution < 1.29 is 4.74 Å². The van der Waals surface area contributed by atoms with Crippen molar-refractivity contribution in [1.82, 2.24) is 0 Å². The van der Waals surface area contributed by atoms with Crippen molar-refractivity contribution >= 4 is 18.8 Å². The van der Waals surface area contributed by atoms with Crippen LogP contribution in [0.3, 0.4) is 0 Å².